The van der Waals surface area contributed by atoms with Crippen molar-refractivity contribution in [2.45, 2.75) is 50.5 Å². The number of ether oxygens (including phenoxy) is 1. The summed E-state index contributed by atoms with van der Waals surface area (Å²) >= 11 is 0. The Bertz CT molecular complexity index is 451. The van der Waals surface area contributed by atoms with E-state index in [-0.39, 0.29) is 36.2 Å². The minimum Gasteiger partial charge on any atom is -0.371 e. The van der Waals surface area contributed by atoms with Crippen molar-refractivity contribution in [3.63, 3.8) is 0 Å². The van der Waals surface area contributed by atoms with Crippen LogP contribution in [0.5, 0.6) is 0 Å². The van der Waals surface area contributed by atoms with E-state index in [2.05, 4.69) is 5.32 Å². The summed E-state index contributed by atoms with van der Waals surface area (Å²) in [4.78, 5) is 37.0. The molecule has 21 heavy (non-hydrogen) atoms. The van der Waals surface area contributed by atoms with E-state index in [1.165, 1.54) is 6.42 Å². The second-order valence-corrected chi connectivity index (χ2v) is 6.43. The third kappa shape index (κ3) is 3.10. The molecule has 1 atom stereocenters. The fraction of sp³-hybridized carbons (Fsp3) is 0.800. The molecule has 0 aromatic heterocycles. The lowest BCUT2D eigenvalue weighted by molar-refractivity contribution is -0.157. The van der Waals surface area contributed by atoms with Crippen LogP contribution in [0, 0.1) is 5.92 Å². The van der Waals surface area contributed by atoms with Crippen molar-refractivity contribution in [2.75, 3.05) is 19.7 Å². The van der Waals surface area contributed by atoms with Crippen LogP contribution in [0.3, 0.4) is 0 Å². The zero-order chi connectivity index (χ0) is 14.9. The molecule has 0 radical (unpaired) electrons. The molecule has 116 valence electrons. The summed E-state index contributed by atoms with van der Waals surface area (Å²) in [5.74, 6) is -1.11. The monoisotopic (exact) mass is 294 g/mol. The van der Waals surface area contributed by atoms with Gasteiger partial charge in [-0.2, -0.15) is 0 Å². The van der Waals surface area contributed by atoms with Crippen LogP contribution in [0.25, 0.3) is 0 Å². The minimum atomic E-state index is -0.491. The lowest BCUT2D eigenvalue weighted by Crippen LogP contribution is -2.54. The Morgan fingerprint density at radius 3 is 2.71 bits per heavy atom. The van der Waals surface area contributed by atoms with E-state index in [9.17, 15) is 14.4 Å². The van der Waals surface area contributed by atoms with E-state index in [1.54, 1.807) is 0 Å². The van der Waals surface area contributed by atoms with Gasteiger partial charge in [-0.15, -0.1) is 0 Å². The first-order valence-corrected chi connectivity index (χ1v) is 7.83. The average Bonchev–Trinajstić information content (AvgIpc) is 2.78. The second kappa shape index (κ2) is 5.75. The number of hydrogen-bond acceptors (Lipinski definition) is 4. The molecular weight excluding hydrogens is 272 g/mol. The predicted molar refractivity (Wildman–Crippen MR) is 74.2 cm³/mol. The zero-order valence-corrected chi connectivity index (χ0v) is 12.2. The standard InChI is InChI=1S/C15H22N2O4/c18-12-8-11(14(20)16-12)9-13(19)17-6-7-21-15(10-17)4-2-1-3-5-15/h11H,1-10H2,(H,16,18,20)/t11-/m0/s1. The van der Waals surface area contributed by atoms with Gasteiger partial charge in [-0.3, -0.25) is 19.7 Å². The van der Waals surface area contributed by atoms with Crippen molar-refractivity contribution in [3.05, 3.63) is 0 Å². The fourth-order valence-corrected chi connectivity index (χ4v) is 3.67. The Hall–Kier alpha value is -1.43. The third-order valence-corrected chi connectivity index (χ3v) is 4.85. The van der Waals surface area contributed by atoms with E-state index >= 15 is 0 Å². The molecule has 0 aromatic rings. The molecule has 1 aliphatic carbocycles. The number of rotatable bonds is 2. The number of imide groups is 1. The van der Waals surface area contributed by atoms with Gasteiger partial charge < -0.3 is 9.64 Å². The van der Waals surface area contributed by atoms with Gasteiger partial charge in [0.2, 0.25) is 17.7 Å². The Morgan fingerprint density at radius 2 is 2.05 bits per heavy atom. The summed E-state index contributed by atoms with van der Waals surface area (Å²) < 4.78 is 5.97. The number of amides is 3. The van der Waals surface area contributed by atoms with Crippen molar-refractivity contribution in [1.29, 1.82) is 0 Å². The Labute approximate surface area is 124 Å². The fourth-order valence-electron chi connectivity index (χ4n) is 3.67. The van der Waals surface area contributed by atoms with Crippen LogP contribution in [-0.2, 0) is 19.1 Å². The second-order valence-electron chi connectivity index (χ2n) is 6.43. The molecule has 3 aliphatic rings. The van der Waals surface area contributed by atoms with Crippen LogP contribution in [0.15, 0.2) is 0 Å². The molecule has 3 rings (SSSR count). The first-order valence-electron chi connectivity index (χ1n) is 7.83. The van der Waals surface area contributed by atoms with E-state index < -0.39 is 5.92 Å². The summed E-state index contributed by atoms with van der Waals surface area (Å²) in [5, 5.41) is 2.26. The smallest absolute Gasteiger partial charge is 0.230 e. The Morgan fingerprint density at radius 1 is 1.29 bits per heavy atom. The molecule has 6 heteroatoms. The number of nitrogens with zero attached hydrogens (tertiary/aromatic N) is 1. The van der Waals surface area contributed by atoms with Crippen molar-refractivity contribution in [2.24, 2.45) is 5.92 Å². The topological polar surface area (TPSA) is 75.7 Å². The van der Waals surface area contributed by atoms with Crippen molar-refractivity contribution < 1.29 is 19.1 Å². The highest BCUT2D eigenvalue weighted by Gasteiger charge is 2.40. The highest BCUT2D eigenvalue weighted by molar-refractivity contribution is 6.04. The number of morpholine rings is 1. The lowest BCUT2D eigenvalue weighted by atomic mass is 9.83. The minimum absolute atomic E-state index is 0.0295. The Kier molecular flexibility index (Phi) is 3.97. The molecule has 6 nitrogen and oxygen atoms in total. The first kappa shape index (κ1) is 14.5. The third-order valence-electron chi connectivity index (χ3n) is 4.85. The maximum atomic E-state index is 12.4. The van der Waals surface area contributed by atoms with Gasteiger partial charge >= 0.3 is 0 Å². The molecular formula is C15H22N2O4. The van der Waals surface area contributed by atoms with Gasteiger partial charge in [0.15, 0.2) is 0 Å². The van der Waals surface area contributed by atoms with Crippen LogP contribution in [0.2, 0.25) is 0 Å². The van der Waals surface area contributed by atoms with Crippen LogP contribution < -0.4 is 5.32 Å². The lowest BCUT2D eigenvalue weighted by Gasteiger charge is -2.45. The van der Waals surface area contributed by atoms with Crippen molar-refractivity contribution in [3.8, 4) is 0 Å². The van der Waals surface area contributed by atoms with Gasteiger partial charge in [-0.1, -0.05) is 19.3 Å². The van der Waals surface area contributed by atoms with Gasteiger partial charge in [0.1, 0.15) is 0 Å². The number of carbonyl (C=O) groups excluding carboxylic acids is 3. The zero-order valence-electron chi connectivity index (χ0n) is 12.2. The maximum Gasteiger partial charge on any atom is 0.230 e. The highest BCUT2D eigenvalue weighted by atomic mass is 16.5. The SMILES string of the molecule is O=C1C[C@@H](CC(=O)N2CCOC3(CCCCC3)C2)C(=O)N1. The van der Waals surface area contributed by atoms with Crippen LogP contribution >= 0.6 is 0 Å². The molecule has 1 saturated carbocycles. The largest absolute Gasteiger partial charge is 0.371 e. The number of hydrogen-bond donors (Lipinski definition) is 1. The van der Waals surface area contributed by atoms with E-state index in [0.717, 1.165) is 25.7 Å². The number of nitrogens with one attached hydrogen (secondary N) is 1. The molecule has 0 aromatic carbocycles. The molecule has 3 fully saturated rings. The summed E-state index contributed by atoms with van der Waals surface area (Å²) in [6.07, 6.45) is 5.85. The van der Waals surface area contributed by atoms with Gasteiger partial charge in [-0.05, 0) is 12.8 Å². The van der Waals surface area contributed by atoms with Crippen LogP contribution in [0.4, 0.5) is 0 Å². The summed E-state index contributed by atoms with van der Waals surface area (Å²) in [7, 11) is 0. The summed E-state index contributed by atoms with van der Waals surface area (Å²) in [5.41, 5.74) is -0.167. The van der Waals surface area contributed by atoms with Gasteiger partial charge in [0.05, 0.1) is 18.1 Å². The molecule has 1 N–H and O–H groups in total. The Balaban J connectivity index is 1.59. The van der Waals surface area contributed by atoms with E-state index in [0.29, 0.717) is 19.7 Å². The van der Waals surface area contributed by atoms with E-state index in [4.69, 9.17) is 4.74 Å². The molecule has 0 bridgehead atoms. The quantitative estimate of drug-likeness (QED) is 0.757. The summed E-state index contributed by atoms with van der Waals surface area (Å²) in [6.45, 7) is 1.79. The predicted octanol–water partition coefficient (Wildman–Crippen LogP) is 0.601. The molecule has 1 spiro atoms. The van der Waals surface area contributed by atoms with Crippen LogP contribution in [0.1, 0.15) is 44.9 Å². The van der Waals surface area contributed by atoms with Gasteiger partial charge in [0.25, 0.3) is 0 Å². The molecule has 2 heterocycles. The van der Waals surface area contributed by atoms with E-state index in [1.807, 2.05) is 4.90 Å². The molecule has 2 saturated heterocycles. The maximum absolute atomic E-state index is 12.4. The summed E-state index contributed by atoms with van der Waals surface area (Å²) in [6, 6.07) is 0. The average molecular weight is 294 g/mol. The first-order chi connectivity index (χ1) is 10.1. The van der Waals surface area contributed by atoms with Crippen molar-refractivity contribution >= 4 is 17.7 Å². The molecule has 2 aliphatic heterocycles. The molecule has 0 unspecified atom stereocenters. The molecule has 3 amide bonds. The number of carbonyl (C=O) groups is 3. The van der Waals surface area contributed by atoms with Crippen molar-refractivity contribution in [1.82, 2.24) is 10.2 Å². The van der Waals surface area contributed by atoms with Crippen LogP contribution in [-0.4, -0.2) is 47.9 Å². The normalized spacial score (nSPS) is 28.8. The highest BCUT2D eigenvalue weighted by Crippen LogP contribution is 2.34. The van der Waals surface area contributed by atoms with Gasteiger partial charge in [0, 0.05) is 25.9 Å². The van der Waals surface area contributed by atoms with Gasteiger partial charge in [-0.25, -0.2) is 0 Å².